The number of aliphatic carboxylic acids is 1. The van der Waals surface area contributed by atoms with Crippen LogP contribution in [0.4, 0.5) is 0 Å². The fourth-order valence-electron chi connectivity index (χ4n) is 3.13. The van der Waals surface area contributed by atoms with Crippen molar-refractivity contribution in [2.75, 3.05) is 19.8 Å². The fraction of sp³-hybridized carbons (Fsp3) is 0.421. The highest BCUT2D eigenvalue weighted by Crippen LogP contribution is 2.24. The molecule has 2 aromatic rings. The van der Waals surface area contributed by atoms with Crippen LogP contribution in [0.15, 0.2) is 35.7 Å². The molecule has 1 saturated heterocycles. The summed E-state index contributed by atoms with van der Waals surface area (Å²) in [7, 11) is 0. The van der Waals surface area contributed by atoms with Gasteiger partial charge in [0.15, 0.2) is 0 Å². The van der Waals surface area contributed by atoms with Crippen molar-refractivity contribution in [2.24, 2.45) is 11.8 Å². The highest BCUT2D eigenvalue weighted by atomic mass is 32.1. The van der Waals surface area contributed by atoms with E-state index in [1.807, 2.05) is 30.3 Å². The number of benzene rings is 1. The van der Waals surface area contributed by atoms with Crippen LogP contribution in [0.3, 0.4) is 0 Å². The molecule has 138 valence electrons. The maximum atomic E-state index is 12.3. The van der Waals surface area contributed by atoms with Crippen LogP contribution < -0.4 is 5.32 Å². The Morgan fingerprint density at radius 3 is 2.69 bits per heavy atom. The number of carbonyl (C=O) groups is 2. The normalized spacial score (nSPS) is 16.2. The third-order valence-corrected chi connectivity index (χ3v) is 5.47. The van der Waals surface area contributed by atoms with Crippen molar-refractivity contribution >= 4 is 23.2 Å². The number of ether oxygens (including phenoxy) is 1. The van der Waals surface area contributed by atoms with Gasteiger partial charge in [-0.1, -0.05) is 30.3 Å². The topological polar surface area (TPSA) is 88.5 Å². The lowest BCUT2D eigenvalue weighted by Gasteiger charge is -2.27. The third-order valence-electron chi connectivity index (χ3n) is 4.62. The van der Waals surface area contributed by atoms with Gasteiger partial charge in [0.1, 0.15) is 5.69 Å². The Bertz CT molecular complexity index is 741. The molecule has 1 amide bonds. The van der Waals surface area contributed by atoms with E-state index in [1.165, 1.54) is 11.3 Å². The zero-order chi connectivity index (χ0) is 18.4. The first kappa shape index (κ1) is 18.5. The molecule has 1 fully saturated rings. The third kappa shape index (κ3) is 4.89. The van der Waals surface area contributed by atoms with Crippen LogP contribution in [0.1, 0.15) is 33.9 Å². The number of carbonyl (C=O) groups excluding carboxylic acids is 1. The maximum absolute atomic E-state index is 12.3. The molecular weight excluding hydrogens is 352 g/mol. The lowest BCUT2D eigenvalue weighted by molar-refractivity contribution is -0.144. The van der Waals surface area contributed by atoms with E-state index >= 15 is 0 Å². The molecule has 26 heavy (non-hydrogen) atoms. The summed E-state index contributed by atoms with van der Waals surface area (Å²) in [5.41, 5.74) is 1.48. The van der Waals surface area contributed by atoms with Gasteiger partial charge in [0, 0.05) is 31.6 Å². The van der Waals surface area contributed by atoms with Gasteiger partial charge < -0.3 is 15.2 Å². The van der Waals surface area contributed by atoms with Crippen LogP contribution in [0.5, 0.6) is 0 Å². The van der Waals surface area contributed by atoms with Gasteiger partial charge in [-0.25, -0.2) is 4.98 Å². The molecule has 1 aromatic carbocycles. The summed E-state index contributed by atoms with van der Waals surface area (Å²) in [6, 6.07) is 9.94. The molecule has 2 N–H and O–H groups in total. The number of amides is 1. The second kappa shape index (κ2) is 8.91. The molecule has 0 saturated carbocycles. The van der Waals surface area contributed by atoms with Gasteiger partial charge in [0.05, 0.1) is 10.9 Å². The number of nitrogens with zero attached hydrogens (tertiary/aromatic N) is 1. The number of carboxylic acid groups (broad SMARTS) is 1. The predicted molar refractivity (Wildman–Crippen MR) is 98.4 cm³/mol. The molecule has 0 radical (unpaired) electrons. The molecule has 0 aliphatic carbocycles. The van der Waals surface area contributed by atoms with Gasteiger partial charge in [-0.05, 0) is 24.3 Å². The van der Waals surface area contributed by atoms with Gasteiger partial charge in [-0.15, -0.1) is 11.3 Å². The van der Waals surface area contributed by atoms with E-state index in [-0.39, 0.29) is 18.4 Å². The smallest absolute Gasteiger partial charge is 0.308 e. The average Bonchev–Trinajstić information content (AvgIpc) is 3.12. The quantitative estimate of drug-likeness (QED) is 0.778. The van der Waals surface area contributed by atoms with Crippen molar-refractivity contribution < 1.29 is 19.4 Å². The molecule has 0 spiro atoms. The van der Waals surface area contributed by atoms with Crippen LogP contribution in [-0.4, -0.2) is 41.7 Å². The second-order valence-corrected chi connectivity index (χ2v) is 7.34. The summed E-state index contributed by atoms with van der Waals surface area (Å²) in [4.78, 5) is 28.3. The number of hydrogen-bond donors (Lipinski definition) is 2. The zero-order valence-electron chi connectivity index (χ0n) is 14.4. The van der Waals surface area contributed by atoms with Gasteiger partial charge in [0.25, 0.3) is 5.91 Å². The Hall–Kier alpha value is -2.25. The monoisotopic (exact) mass is 374 g/mol. The minimum atomic E-state index is -0.875. The van der Waals surface area contributed by atoms with Crippen molar-refractivity contribution in [1.82, 2.24) is 10.3 Å². The summed E-state index contributed by atoms with van der Waals surface area (Å²) in [6.07, 6.45) is 2.11. The first-order valence-corrected chi connectivity index (χ1v) is 9.58. The summed E-state index contributed by atoms with van der Waals surface area (Å²) >= 11 is 1.44. The van der Waals surface area contributed by atoms with Gasteiger partial charge in [-0.2, -0.15) is 0 Å². The lowest BCUT2D eigenvalue weighted by atomic mass is 9.86. The average molecular weight is 374 g/mol. The Balaban J connectivity index is 1.56. The molecule has 6 nitrogen and oxygen atoms in total. The van der Waals surface area contributed by atoms with E-state index in [0.29, 0.717) is 38.2 Å². The van der Waals surface area contributed by atoms with Crippen molar-refractivity contribution in [3.05, 3.63) is 52.0 Å². The first-order valence-electron chi connectivity index (χ1n) is 8.70. The van der Waals surface area contributed by atoms with Crippen LogP contribution >= 0.6 is 11.3 Å². The Morgan fingerprint density at radius 2 is 2.00 bits per heavy atom. The van der Waals surface area contributed by atoms with Crippen molar-refractivity contribution in [3.63, 3.8) is 0 Å². The lowest BCUT2D eigenvalue weighted by Crippen LogP contribution is -2.39. The van der Waals surface area contributed by atoms with Crippen LogP contribution in [0.25, 0.3) is 0 Å². The van der Waals surface area contributed by atoms with Crippen molar-refractivity contribution in [1.29, 1.82) is 0 Å². The molecule has 3 rings (SSSR count). The Morgan fingerprint density at radius 1 is 1.27 bits per heavy atom. The second-order valence-electron chi connectivity index (χ2n) is 6.39. The maximum Gasteiger partial charge on any atom is 0.308 e. The molecular formula is C19H22N2O4S. The summed E-state index contributed by atoms with van der Waals surface area (Å²) in [6.45, 7) is 1.28. The molecule has 7 heteroatoms. The van der Waals surface area contributed by atoms with E-state index in [4.69, 9.17) is 4.74 Å². The van der Waals surface area contributed by atoms with E-state index < -0.39 is 11.9 Å². The predicted octanol–water partition coefficient (Wildman–Crippen LogP) is 2.59. The molecule has 1 unspecified atom stereocenters. The largest absolute Gasteiger partial charge is 0.481 e. The van der Waals surface area contributed by atoms with Crippen LogP contribution in [0.2, 0.25) is 0 Å². The van der Waals surface area contributed by atoms with E-state index in [9.17, 15) is 14.7 Å². The zero-order valence-corrected chi connectivity index (χ0v) is 15.2. The van der Waals surface area contributed by atoms with Gasteiger partial charge in [0.2, 0.25) is 0 Å². The number of thiazole rings is 1. The minimum Gasteiger partial charge on any atom is -0.481 e. The Labute approximate surface area is 156 Å². The SMILES string of the molecule is O=C(NCC(C(=O)O)C1CCOCC1)c1csc(Cc2ccccc2)n1. The molecule has 1 aliphatic rings. The fourth-order valence-corrected chi connectivity index (χ4v) is 3.94. The van der Waals surface area contributed by atoms with Gasteiger partial charge in [-0.3, -0.25) is 9.59 Å². The van der Waals surface area contributed by atoms with E-state index in [1.54, 1.807) is 5.38 Å². The summed E-state index contributed by atoms with van der Waals surface area (Å²) in [5.74, 6) is -1.75. The van der Waals surface area contributed by atoms with E-state index in [2.05, 4.69) is 10.3 Å². The van der Waals surface area contributed by atoms with Crippen molar-refractivity contribution in [3.8, 4) is 0 Å². The van der Waals surface area contributed by atoms with Crippen LogP contribution in [-0.2, 0) is 16.0 Å². The number of nitrogens with one attached hydrogen (secondary N) is 1. The summed E-state index contributed by atoms with van der Waals surface area (Å²) < 4.78 is 5.29. The van der Waals surface area contributed by atoms with Gasteiger partial charge >= 0.3 is 5.97 Å². The number of hydrogen-bond acceptors (Lipinski definition) is 5. The highest BCUT2D eigenvalue weighted by molar-refractivity contribution is 7.09. The Kier molecular flexibility index (Phi) is 6.35. The number of aromatic nitrogens is 1. The molecule has 1 atom stereocenters. The summed E-state index contributed by atoms with van der Waals surface area (Å²) in [5, 5.41) is 14.8. The molecule has 1 aliphatic heterocycles. The van der Waals surface area contributed by atoms with E-state index in [0.717, 1.165) is 10.6 Å². The number of rotatable bonds is 7. The van der Waals surface area contributed by atoms with Crippen molar-refractivity contribution in [2.45, 2.75) is 19.3 Å². The molecule has 0 bridgehead atoms. The van der Waals surface area contributed by atoms with Crippen LogP contribution in [0, 0.1) is 11.8 Å². The molecule has 2 heterocycles. The number of carboxylic acids is 1. The minimum absolute atomic E-state index is 0.0330. The first-order chi connectivity index (χ1) is 12.6. The standard InChI is InChI=1S/C19H22N2O4S/c22-18(20-11-15(19(23)24)14-6-8-25-9-7-14)16-12-26-17(21-16)10-13-4-2-1-3-5-13/h1-5,12,14-15H,6-11H2,(H,20,22)(H,23,24). The highest BCUT2D eigenvalue weighted by Gasteiger charge is 2.30. The molecule has 1 aromatic heterocycles.